The molecule has 1 aromatic carbocycles. The highest BCUT2D eigenvalue weighted by Gasteiger charge is 2.31. The third-order valence-electron chi connectivity index (χ3n) is 6.22. The van der Waals surface area contributed by atoms with E-state index in [0.29, 0.717) is 43.4 Å². The first-order chi connectivity index (χ1) is 14.3. The maximum absolute atomic E-state index is 6.28. The molecule has 1 atom stereocenters. The fourth-order valence-corrected chi connectivity index (χ4v) is 4.83. The number of aromatic nitrogens is 3. The van der Waals surface area contributed by atoms with Gasteiger partial charge in [-0.3, -0.25) is 9.47 Å². The number of likely N-dealkylation sites (tertiary alicyclic amines) is 1. The minimum absolute atomic E-state index is 0.377. The van der Waals surface area contributed by atoms with Crippen molar-refractivity contribution in [2.24, 2.45) is 0 Å². The van der Waals surface area contributed by atoms with E-state index in [4.69, 9.17) is 25.8 Å². The highest BCUT2D eigenvalue weighted by Crippen LogP contribution is 2.33. The van der Waals surface area contributed by atoms with Crippen molar-refractivity contribution in [1.29, 1.82) is 0 Å². The second kappa shape index (κ2) is 8.70. The van der Waals surface area contributed by atoms with Crippen molar-refractivity contribution in [3.63, 3.8) is 0 Å². The minimum Gasteiger partial charge on any atom is -0.380 e. The van der Waals surface area contributed by atoms with Crippen molar-refractivity contribution in [2.75, 3.05) is 39.5 Å². The largest absolute Gasteiger partial charge is 0.380 e. The molecule has 7 nitrogen and oxygen atoms in total. The lowest BCUT2D eigenvalue weighted by atomic mass is 9.94. The summed E-state index contributed by atoms with van der Waals surface area (Å²) >= 11 is 6.28. The van der Waals surface area contributed by atoms with Crippen LogP contribution in [0, 0.1) is 0 Å². The van der Waals surface area contributed by atoms with E-state index in [9.17, 15) is 0 Å². The summed E-state index contributed by atoms with van der Waals surface area (Å²) in [5.74, 6) is 2.24. The Bertz CT molecular complexity index is 844. The van der Waals surface area contributed by atoms with E-state index in [2.05, 4.69) is 19.7 Å². The summed E-state index contributed by atoms with van der Waals surface area (Å²) in [7, 11) is 0. The smallest absolute Gasteiger partial charge is 0.163 e. The van der Waals surface area contributed by atoms with Gasteiger partial charge in [0.05, 0.1) is 32.1 Å². The van der Waals surface area contributed by atoms with Crippen molar-refractivity contribution in [2.45, 2.75) is 44.4 Å². The number of nitrogens with zero attached hydrogens (tertiary/aromatic N) is 4. The predicted molar refractivity (Wildman–Crippen MR) is 108 cm³/mol. The zero-order valence-electron chi connectivity index (χ0n) is 16.6. The van der Waals surface area contributed by atoms with Crippen molar-refractivity contribution in [3.8, 4) is 5.69 Å². The van der Waals surface area contributed by atoms with Crippen LogP contribution in [-0.2, 0) is 27.4 Å². The second-order valence-corrected chi connectivity index (χ2v) is 8.45. The summed E-state index contributed by atoms with van der Waals surface area (Å²) in [5, 5.41) is 9.84. The van der Waals surface area contributed by atoms with Gasteiger partial charge in [-0.2, -0.15) is 0 Å². The first-order valence-electron chi connectivity index (χ1n) is 10.5. The number of piperidine rings is 1. The fourth-order valence-electron chi connectivity index (χ4n) is 4.63. The summed E-state index contributed by atoms with van der Waals surface area (Å²) in [4.78, 5) is 2.58. The monoisotopic (exact) mass is 418 g/mol. The Morgan fingerprint density at radius 2 is 1.76 bits per heavy atom. The van der Waals surface area contributed by atoms with E-state index in [1.165, 1.54) is 0 Å². The summed E-state index contributed by atoms with van der Waals surface area (Å²) in [6, 6.07) is 6.53. The molecule has 4 heterocycles. The normalized spacial score (nSPS) is 24.2. The molecule has 0 aliphatic carbocycles. The second-order valence-electron chi connectivity index (χ2n) is 8.02. The van der Waals surface area contributed by atoms with Gasteiger partial charge in [0.15, 0.2) is 5.82 Å². The summed E-state index contributed by atoms with van der Waals surface area (Å²) in [6.07, 6.45) is 3.31. The lowest BCUT2D eigenvalue weighted by Gasteiger charge is -2.35. The molecule has 2 saturated heterocycles. The van der Waals surface area contributed by atoms with Gasteiger partial charge in [0.2, 0.25) is 0 Å². The molecule has 1 aromatic heterocycles. The Morgan fingerprint density at radius 1 is 0.931 bits per heavy atom. The van der Waals surface area contributed by atoms with Crippen LogP contribution in [0.4, 0.5) is 0 Å². The van der Waals surface area contributed by atoms with E-state index >= 15 is 0 Å². The molecule has 3 aliphatic heterocycles. The Labute approximate surface area is 175 Å². The molecule has 0 bridgehead atoms. The van der Waals surface area contributed by atoms with Crippen molar-refractivity contribution >= 4 is 11.6 Å². The molecule has 0 amide bonds. The summed E-state index contributed by atoms with van der Waals surface area (Å²) in [6.45, 7) is 5.94. The van der Waals surface area contributed by atoms with Gasteiger partial charge >= 0.3 is 0 Å². The molecule has 0 spiro atoms. The lowest BCUT2D eigenvalue weighted by Crippen LogP contribution is -2.41. The van der Waals surface area contributed by atoms with Gasteiger partial charge in [-0.1, -0.05) is 11.6 Å². The van der Waals surface area contributed by atoms with Crippen LogP contribution in [0.5, 0.6) is 0 Å². The van der Waals surface area contributed by atoms with Crippen LogP contribution in [0.1, 0.15) is 42.4 Å². The number of halogens is 1. The van der Waals surface area contributed by atoms with E-state index < -0.39 is 0 Å². The molecule has 3 aliphatic rings. The van der Waals surface area contributed by atoms with Crippen LogP contribution in [0.25, 0.3) is 5.69 Å². The number of fused-ring (bicyclic) bond motifs is 3. The van der Waals surface area contributed by atoms with Gasteiger partial charge in [0.1, 0.15) is 12.4 Å². The van der Waals surface area contributed by atoms with Gasteiger partial charge in [-0.15, -0.1) is 10.2 Å². The molecule has 2 fully saturated rings. The van der Waals surface area contributed by atoms with Crippen LogP contribution in [0.3, 0.4) is 0 Å². The molecule has 2 aromatic rings. The minimum atomic E-state index is 0.377. The Hall–Kier alpha value is -1.51. The SMILES string of the molecule is Clc1ccc2c(c1)COCCOCc1nnc(C3CCN([C@@H]4CCOC4)CC3)n1-2. The quantitative estimate of drug-likeness (QED) is 0.747. The number of ether oxygens (including phenoxy) is 3. The van der Waals surface area contributed by atoms with Crippen LogP contribution in [0.15, 0.2) is 18.2 Å². The van der Waals surface area contributed by atoms with Gasteiger partial charge in [-0.25, -0.2) is 0 Å². The Morgan fingerprint density at radius 3 is 2.55 bits per heavy atom. The predicted octanol–water partition coefficient (Wildman–Crippen LogP) is 2.94. The Kier molecular flexibility index (Phi) is 5.83. The topological polar surface area (TPSA) is 61.6 Å². The number of hydrogen-bond acceptors (Lipinski definition) is 6. The summed E-state index contributed by atoms with van der Waals surface area (Å²) < 4.78 is 19.3. The molecule has 0 unspecified atom stereocenters. The fraction of sp³-hybridized carbons (Fsp3) is 0.619. The van der Waals surface area contributed by atoms with Gasteiger partial charge < -0.3 is 14.2 Å². The molecule has 8 heteroatoms. The van der Waals surface area contributed by atoms with Crippen molar-refractivity contribution in [3.05, 3.63) is 40.4 Å². The van der Waals surface area contributed by atoms with E-state index in [0.717, 1.165) is 68.5 Å². The molecule has 29 heavy (non-hydrogen) atoms. The zero-order valence-corrected chi connectivity index (χ0v) is 17.3. The van der Waals surface area contributed by atoms with Crippen molar-refractivity contribution in [1.82, 2.24) is 19.7 Å². The van der Waals surface area contributed by atoms with Gasteiger partial charge in [0.25, 0.3) is 0 Å². The highest BCUT2D eigenvalue weighted by atomic mass is 35.5. The van der Waals surface area contributed by atoms with Crippen LogP contribution >= 0.6 is 11.6 Å². The standard InChI is InChI=1S/C21H27ClN4O3/c22-17-1-2-19-16(11-17)12-28-9-10-29-14-20-23-24-21(26(19)20)15-3-6-25(7-4-15)18-5-8-27-13-18/h1-2,11,15,18H,3-10,12-14H2/t18-/m1/s1. The zero-order chi connectivity index (χ0) is 19.6. The van der Waals surface area contributed by atoms with Crippen LogP contribution in [-0.4, -0.2) is 65.2 Å². The highest BCUT2D eigenvalue weighted by molar-refractivity contribution is 6.30. The van der Waals surface area contributed by atoms with E-state index in [-0.39, 0.29) is 0 Å². The average molecular weight is 419 g/mol. The molecular weight excluding hydrogens is 392 g/mol. The number of rotatable bonds is 2. The van der Waals surface area contributed by atoms with Crippen LogP contribution in [0.2, 0.25) is 5.02 Å². The van der Waals surface area contributed by atoms with Crippen LogP contribution < -0.4 is 0 Å². The third kappa shape index (κ3) is 4.07. The lowest BCUT2D eigenvalue weighted by molar-refractivity contribution is 0.0295. The van der Waals surface area contributed by atoms with E-state index in [1.54, 1.807) is 0 Å². The molecule has 0 N–H and O–H groups in total. The molecule has 156 valence electrons. The number of benzene rings is 1. The molecule has 0 saturated carbocycles. The first kappa shape index (κ1) is 19.5. The summed E-state index contributed by atoms with van der Waals surface area (Å²) in [5.41, 5.74) is 2.10. The number of hydrogen-bond donors (Lipinski definition) is 0. The van der Waals surface area contributed by atoms with E-state index in [1.807, 2.05) is 18.2 Å². The average Bonchev–Trinajstić information content (AvgIpc) is 3.41. The molecular formula is C21H27ClN4O3. The van der Waals surface area contributed by atoms with Crippen molar-refractivity contribution < 1.29 is 14.2 Å². The molecule has 5 rings (SSSR count). The maximum Gasteiger partial charge on any atom is 0.163 e. The Balaban J connectivity index is 1.44. The first-order valence-corrected chi connectivity index (χ1v) is 10.9. The third-order valence-corrected chi connectivity index (χ3v) is 6.45. The maximum atomic E-state index is 6.28. The molecule has 0 radical (unpaired) electrons. The van der Waals surface area contributed by atoms with Gasteiger partial charge in [-0.05, 0) is 50.6 Å². The van der Waals surface area contributed by atoms with Gasteiger partial charge in [0, 0.05) is 29.2 Å².